The van der Waals surface area contributed by atoms with E-state index in [-0.39, 0.29) is 0 Å². The van der Waals surface area contributed by atoms with Crippen LogP contribution in [0.4, 0.5) is 0 Å². The molecule has 2 nitrogen and oxygen atoms in total. The zero-order valence-corrected chi connectivity index (χ0v) is 12.4. The van der Waals surface area contributed by atoms with E-state index < -0.39 is 0 Å². The fourth-order valence-electron chi connectivity index (χ4n) is 2.90. The molecule has 2 atom stereocenters. The topological polar surface area (TPSA) is 21.3 Å². The van der Waals surface area contributed by atoms with Crippen LogP contribution in [-0.4, -0.2) is 19.8 Å². The molecule has 1 saturated heterocycles. The van der Waals surface area contributed by atoms with E-state index in [0.717, 1.165) is 26.2 Å². The summed E-state index contributed by atoms with van der Waals surface area (Å²) in [5, 5.41) is 3.75. The fourth-order valence-corrected chi connectivity index (χ4v) is 2.90. The van der Waals surface area contributed by atoms with Crippen LogP contribution in [0.25, 0.3) is 0 Å². The number of nitrogens with one attached hydrogen (secondary N) is 1. The van der Waals surface area contributed by atoms with Crippen molar-refractivity contribution in [1.82, 2.24) is 5.32 Å². The van der Waals surface area contributed by atoms with E-state index in [1.807, 2.05) is 0 Å². The van der Waals surface area contributed by atoms with Crippen molar-refractivity contribution in [2.24, 2.45) is 5.92 Å². The number of ether oxygens (including phenoxy) is 1. The molecule has 1 heterocycles. The summed E-state index contributed by atoms with van der Waals surface area (Å²) in [6.07, 6.45) is 2.21. The van der Waals surface area contributed by atoms with Gasteiger partial charge < -0.3 is 10.1 Å². The predicted molar refractivity (Wildman–Crippen MR) is 86.3 cm³/mol. The standard InChI is InChI=1S/C19H23NO/c1-3-7-16(8-4-1)13-19(18-9-5-2-6-10-18)20-14-17-11-12-21-15-17/h1-10,17,19-20H,11-15H2. The molecule has 3 rings (SSSR count). The molecule has 0 aromatic heterocycles. The molecule has 110 valence electrons. The van der Waals surface area contributed by atoms with Gasteiger partial charge in [-0.2, -0.15) is 0 Å². The lowest BCUT2D eigenvalue weighted by Crippen LogP contribution is -2.29. The Morgan fingerprint density at radius 1 is 1.00 bits per heavy atom. The highest BCUT2D eigenvalue weighted by atomic mass is 16.5. The summed E-state index contributed by atoms with van der Waals surface area (Å²) >= 11 is 0. The second-order valence-electron chi connectivity index (χ2n) is 5.79. The van der Waals surface area contributed by atoms with Gasteiger partial charge in [0.15, 0.2) is 0 Å². The van der Waals surface area contributed by atoms with E-state index >= 15 is 0 Å². The summed E-state index contributed by atoms with van der Waals surface area (Å²) in [6, 6.07) is 21.8. The van der Waals surface area contributed by atoms with Crippen LogP contribution in [0, 0.1) is 5.92 Å². The van der Waals surface area contributed by atoms with Gasteiger partial charge in [-0.25, -0.2) is 0 Å². The largest absolute Gasteiger partial charge is 0.381 e. The van der Waals surface area contributed by atoms with Crippen LogP contribution in [-0.2, 0) is 11.2 Å². The average Bonchev–Trinajstić information content (AvgIpc) is 3.07. The second-order valence-corrected chi connectivity index (χ2v) is 5.79. The van der Waals surface area contributed by atoms with Crippen molar-refractivity contribution in [3.8, 4) is 0 Å². The number of benzene rings is 2. The minimum absolute atomic E-state index is 0.370. The lowest BCUT2D eigenvalue weighted by atomic mass is 9.98. The molecule has 1 aliphatic rings. The van der Waals surface area contributed by atoms with Gasteiger partial charge in [0, 0.05) is 19.2 Å². The molecule has 1 fully saturated rings. The Kier molecular flexibility index (Phi) is 5.03. The molecule has 2 heteroatoms. The Hall–Kier alpha value is -1.64. The summed E-state index contributed by atoms with van der Waals surface area (Å²) in [6.45, 7) is 2.85. The second kappa shape index (κ2) is 7.39. The summed E-state index contributed by atoms with van der Waals surface area (Å²) in [7, 11) is 0. The normalized spacial score (nSPS) is 19.5. The third-order valence-electron chi connectivity index (χ3n) is 4.16. The molecule has 21 heavy (non-hydrogen) atoms. The third-order valence-corrected chi connectivity index (χ3v) is 4.16. The van der Waals surface area contributed by atoms with Crippen molar-refractivity contribution in [3.05, 3.63) is 71.8 Å². The van der Waals surface area contributed by atoms with E-state index in [1.165, 1.54) is 17.5 Å². The van der Waals surface area contributed by atoms with Crippen LogP contribution in [0.3, 0.4) is 0 Å². The highest BCUT2D eigenvalue weighted by molar-refractivity contribution is 5.23. The van der Waals surface area contributed by atoms with Gasteiger partial charge in [0.1, 0.15) is 0 Å². The van der Waals surface area contributed by atoms with Crippen molar-refractivity contribution < 1.29 is 4.74 Å². The Balaban J connectivity index is 1.68. The molecule has 0 amide bonds. The van der Waals surface area contributed by atoms with Gasteiger partial charge in [0.2, 0.25) is 0 Å². The number of rotatable bonds is 6. The third kappa shape index (κ3) is 4.16. The summed E-state index contributed by atoms with van der Waals surface area (Å²) in [4.78, 5) is 0. The molecule has 0 spiro atoms. The van der Waals surface area contributed by atoms with Gasteiger partial charge in [-0.3, -0.25) is 0 Å². The van der Waals surface area contributed by atoms with Crippen molar-refractivity contribution in [2.75, 3.05) is 19.8 Å². The summed E-state index contributed by atoms with van der Waals surface area (Å²) in [5.74, 6) is 0.659. The maximum Gasteiger partial charge on any atom is 0.0507 e. The molecule has 1 N–H and O–H groups in total. The fraction of sp³-hybridized carbons (Fsp3) is 0.368. The zero-order chi connectivity index (χ0) is 14.3. The van der Waals surface area contributed by atoms with Crippen LogP contribution < -0.4 is 5.32 Å². The first-order valence-electron chi connectivity index (χ1n) is 7.82. The van der Waals surface area contributed by atoms with E-state index in [1.54, 1.807) is 0 Å². The quantitative estimate of drug-likeness (QED) is 0.873. The maximum absolute atomic E-state index is 5.47. The van der Waals surface area contributed by atoms with Crippen LogP contribution in [0.15, 0.2) is 60.7 Å². The monoisotopic (exact) mass is 281 g/mol. The molecular weight excluding hydrogens is 258 g/mol. The zero-order valence-electron chi connectivity index (χ0n) is 12.4. The molecule has 0 bridgehead atoms. The van der Waals surface area contributed by atoms with Crippen molar-refractivity contribution in [2.45, 2.75) is 18.9 Å². The van der Waals surface area contributed by atoms with Crippen molar-refractivity contribution in [3.63, 3.8) is 0 Å². The lowest BCUT2D eigenvalue weighted by molar-refractivity contribution is 0.184. The van der Waals surface area contributed by atoms with Crippen LogP contribution in [0.1, 0.15) is 23.6 Å². The van der Waals surface area contributed by atoms with Crippen LogP contribution in [0.5, 0.6) is 0 Å². The molecule has 0 saturated carbocycles. The Morgan fingerprint density at radius 2 is 1.71 bits per heavy atom. The Morgan fingerprint density at radius 3 is 2.38 bits per heavy atom. The smallest absolute Gasteiger partial charge is 0.0507 e. The van der Waals surface area contributed by atoms with E-state index in [0.29, 0.717) is 12.0 Å². The molecule has 0 aliphatic carbocycles. The minimum Gasteiger partial charge on any atom is -0.381 e. The SMILES string of the molecule is c1ccc(CC(NCC2CCOC2)c2ccccc2)cc1. The lowest BCUT2D eigenvalue weighted by Gasteiger charge is -2.21. The predicted octanol–water partition coefficient (Wildman–Crippen LogP) is 3.60. The number of hydrogen-bond acceptors (Lipinski definition) is 2. The van der Waals surface area contributed by atoms with E-state index in [2.05, 4.69) is 66.0 Å². The van der Waals surface area contributed by atoms with E-state index in [4.69, 9.17) is 4.74 Å². The van der Waals surface area contributed by atoms with Crippen LogP contribution in [0.2, 0.25) is 0 Å². The average molecular weight is 281 g/mol. The molecule has 2 aromatic carbocycles. The van der Waals surface area contributed by atoms with Gasteiger partial charge in [-0.15, -0.1) is 0 Å². The van der Waals surface area contributed by atoms with Crippen LogP contribution >= 0.6 is 0 Å². The van der Waals surface area contributed by atoms with Gasteiger partial charge in [0.25, 0.3) is 0 Å². The van der Waals surface area contributed by atoms with E-state index in [9.17, 15) is 0 Å². The van der Waals surface area contributed by atoms with Crippen molar-refractivity contribution >= 4 is 0 Å². The highest BCUT2D eigenvalue weighted by Gasteiger charge is 2.18. The van der Waals surface area contributed by atoms with Gasteiger partial charge in [0.05, 0.1) is 6.61 Å². The summed E-state index contributed by atoms with van der Waals surface area (Å²) < 4.78 is 5.47. The molecule has 0 radical (unpaired) electrons. The molecule has 2 unspecified atom stereocenters. The molecule has 1 aliphatic heterocycles. The molecular formula is C19H23NO. The summed E-state index contributed by atoms with van der Waals surface area (Å²) in [5.41, 5.74) is 2.74. The first kappa shape index (κ1) is 14.3. The van der Waals surface area contributed by atoms with Gasteiger partial charge in [-0.1, -0.05) is 60.7 Å². The first-order valence-corrected chi connectivity index (χ1v) is 7.82. The molecule has 2 aromatic rings. The Bertz CT molecular complexity index is 520. The van der Waals surface area contributed by atoms with Crippen molar-refractivity contribution in [1.29, 1.82) is 0 Å². The Labute approximate surface area is 127 Å². The maximum atomic E-state index is 5.47. The first-order chi connectivity index (χ1) is 10.4. The number of hydrogen-bond donors (Lipinski definition) is 1. The van der Waals surface area contributed by atoms with Gasteiger partial charge >= 0.3 is 0 Å². The minimum atomic E-state index is 0.370. The van der Waals surface area contributed by atoms with Gasteiger partial charge in [-0.05, 0) is 29.9 Å². The highest BCUT2D eigenvalue weighted by Crippen LogP contribution is 2.20.